The van der Waals surface area contributed by atoms with Gasteiger partial charge in [0.15, 0.2) is 0 Å². The number of hydrogen-bond donors (Lipinski definition) is 1. The van der Waals surface area contributed by atoms with E-state index in [9.17, 15) is 13.2 Å². The van der Waals surface area contributed by atoms with Crippen molar-refractivity contribution in [3.63, 3.8) is 0 Å². The lowest BCUT2D eigenvalue weighted by Crippen LogP contribution is -2.35. The molecule has 3 rings (SSSR count). The van der Waals surface area contributed by atoms with Gasteiger partial charge in [-0.15, -0.1) is 0 Å². The van der Waals surface area contributed by atoms with Crippen LogP contribution in [0.4, 0.5) is 5.69 Å². The number of carbonyl (C=O) groups excluding carboxylic acids is 1. The van der Waals surface area contributed by atoms with Crippen LogP contribution >= 0.6 is 0 Å². The van der Waals surface area contributed by atoms with Gasteiger partial charge in [-0.25, -0.2) is 8.42 Å². The fourth-order valence-electron chi connectivity index (χ4n) is 3.14. The Morgan fingerprint density at radius 2 is 1.96 bits per heavy atom. The highest BCUT2D eigenvalue weighted by Crippen LogP contribution is 2.28. The second kappa shape index (κ2) is 7.59. The average molecular weight is 377 g/mol. The maximum atomic E-state index is 12.9. The summed E-state index contributed by atoms with van der Waals surface area (Å²) in [7, 11) is -2.21. The summed E-state index contributed by atoms with van der Waals surface area (Å²) >= 11 is 0. The Bertz CT molecular complexity index is 921. The van der Waals surface area contributed by atoms with E-state index in [0.717, 1.165) is 25.0 Å². The molecule has 26 heavy (non-hydrogen) atoms. The van der Waals surface area contributed by atoms with Crippen LogP contribution in [0.15, 0.2) is 29.2 Å². The van der Waals surface area contributed by atoms with Gasteiger partial charge in [-0.2, -0.15) is 4.31 Å². The molecule has 0 unspecified atom stereocenters. The molecule has 1 aliphatic heterocycles. The number of sulfonamides is 1. The van der Waals surface area contributed by atoms with Crippen molar-refractivity contribution in [3.05, 3.63) is 30.0 Å². The molecule has 1 N–H and O–H groups in total. The molecule has 0 spiro atoms. The van der Waals surface area contributed by atoms with E-state index >= 15 is 0 Å². The van der Waals surface area contributed by atoms with Crippen molar-refractivity contribution in [3.8, 4) is 0 Å². The zero-order chi connectivity index (χ0) is 18.7. The van der Waals surface area contributed by atoms with Crippen LogP contribution in [0.3, 0.4) is 0 Å². The number of nitrogens with zero attached hydrogens (tertiary/aromatic N) is 2. The number of carbonyl (C=O) groups is 1. The Kier molecular flexibility index (Phi) is 5.43. The Labute approximate surface area is 153 Å². The number of esters is 1. The molecule has 0 saturated carbocycles. The lowest BCUT2D eigenvalue weighted by atomic mass is 10.1. The van der Waals surface area contributed by atoms with Crippen LogP contribution in [0, 0.1) is 6.92 Å². The first kappa shape index (κ1) is 18.6. The van der Waals surface area contributed by atoms with Crippen LogP contribution in [0.2, 0.25) is 0 Å². The van der Waals surface area contributed by atoms with E-state index in [0.29, 0.717) is 29.7 Å². The number of benzene rings is 1. The topological polar surface area (TPSA) is 88.6 Å². The lowest BCUT2D eigenvalue weighted by molar-refractivity contribution is -0.138. The molecule has 140 valence electrons. The van der Waals surface area contributed by atoms with Gasteiger partial charge in [0.25, 0.3) is 0 Å². The second-order valence-corrected chi connectivity index (χ2v) is 8.32. The van der Waals surface area contributed by atoms with Crippen molar-refractivity contribution in [1.29, 1.82) is 0 Å². The molecule has 0 atom stereocenters. The summed E-state index contributed by atoms with van der Waals surface area (Å²) in [6.07, 6.45) is 2.84. The SMILES string of the molecule is COC(=O)CNc1cc(C)nc2ccc(S(=O)(=O)N3CCCCC3)cc12. The predicted molar refractivity (Wildman–Crippen MR) is 99.6 cm³/mol. The summed E-state index contributed by atoms with van der Waals surface area (Å²) in [5.74, 6) is -0.398. The van der Waals surface area contributed by atoms with Gasteiger partial charge in [0, 0.05) is 29.9 Å². The minimum absolute atomic E-state index is 0.00183. The molecule has 2 heterocycles. The number of piperidine rings is 1. The molecule has 1 aromatic carbocycles. The van der Waals surface area contributed by atoms with Crippen LogP contribution in [-0.4, -0.2) is 50.4 Å². The second-order valence-electron chi connectivity index (χ2n) is 6.38. The third-order valence-corrected chi connectivity index (χ3v) is 6.41. The Morgan fingerprint density at radius 3 is 2.65 bits per heavy atom. The monoisotopic (exact) mass is 377 g/mol. The molecule has 7 nitrogen and oxygen atoms in total. The van der Waals surface area contributed by atoms with Gasteiger partial charge in [0.05, 0.1) is 17.5 Å². The number of aromatic nitrogens is 1. The minimum atomic E-state index is -3.53. The number of ether oxygens (including phenoxy) is 1. The molecule has 8 heteroatoms. The van der Waals surface area contributed by atoms with Gasteiger partial charge < -0.3 is 10.1 Å². The maximum absolute atomic E-state index is 12.9. The van der Waals surface area contributed by atoms with Crippen LogP contribution in [0.25, 0.3) is 10.9 Å². The quantitative estimate of drug-likeness (QED) is 0.805. The van der Waals surface area contributed by atoms with Crippen LogP contribution in [-0.2, 0) is 19.6 Å². The summed E-state index contributed by atoms with van der Waals surface area (Å²) in [5, 5.41) is 3.68. The third kappa shape index (κ3) is 3.81. The molecule has 0 radical (unpaired) electrons. The lowest BCUT2D eigenvalue weighted by Gasteiger charge is -2.26. The van der Waals surface area contributed by atoms with E-state index in [1.165, 1.54) is 7.11 Å². The molecule has 0 amide bonds. The smallest absolute Gasteiger partial charge is 0.325 e. The first-order valence-electron chi connectivity index (χ1n) is 8.64. The minimum Gasteiger partial charge on any atom is -0.468 e. The van der Waals surface area contributed by atoms with Crippen LogP contribution < -0.4 is 5.32 Å². The van der Waals surface area contributed by atoms with E-state index in [1.54, 1.807) is 28.6 Å². The molecule has 1 aliphatic rings. The van der Waals surface area contributed by atoms with Crippen LogP contribution in [0.5, 0.6) is 0 Å². The molecule has 0 bridgehead atoms. The molecule has 1 aromatic heterocycles. The molecule has 1 saturated heterocycles. The van der Waals surface area contributed by atoms with E-state index < -0.39 is 16.0 Å². The molecule has 2 aromatic rings. The zero-order valence-electron chi connectivity index (χ0n) is 15.0. The highest BCUT2D eigenvalue weighted by molar-refractivity contribution is 7.89. The Balaban J connectivity index is 2.01. The molecule has 1 fully saturated rings. The van der Waals surface area contributed by atoms with E-state index in [4.69, 9.17) is 0 Å². The van der Waals surface area contributed by atoms with Gasteiger partial charge in [0.2, 0.25) is 10.0 Å². The van der Waals surface area contributed by atoms with Crippen molar-refractivity contribution in [2.45, 2.75) is 31.1 Å². The van der Waals surface area contributed by atoms with Crippen molar-refractivity contribution >= 4 is 32.6 Å². The fourth-order valence-corrected chi connectivity index (χ4v) is 4.68. The predicted octanol–water partition coefficient (Wildman–Crippen LogP) is 2.30. The first-order chi connectivity index (χ1) is 12.4. The normalized spacial score (nSPS) is 15.8. The van der Waals surface area contributed by atoms with Gasteiger partial charge in [-0.3, -0.25) is 9.78 Å². The molecular formula is C18H23N3O4S. The van der Waals surface area contributed by atoms with Crippen molar-refractivity contribution in [2.24, 2.45) is 0 Å². The number of anilines is 1. The fraction of sp³-hybridized carbons (Fsp3) is 0.444. The summed E-state index contributed by atoms with van der Waals surface area (Å²) < 4.78 is 32.1. The summed E-state index contributed by atoms with van der Waals surface area (Å²) in [4.78, 5) is 16.1. The summed E-state index contributed by atoms with van der Waals surface area (Å²) in [6.45, 7) is 2.96. The number of aryl methyl sites for hydroxylation is 1. The Hall–Kier alpha value is -2.19. The largest absolute Gasteiger partial charge is 0.468 e. The zero-order valence-corrected chi connectivity index (χ0v) is 15.8. The number of hydrogen-bond acceptors (Lipinski definition) is 6. The number of rotatable bonds is 5. The molecular weight excluding hydrogens is 354 g/mol. The average Bonchev–Trinajstić information content (AvgIpc) is 2.66. The van der Waals surface area contributed by atoms with E-state index in [2.05, 4.69) is 15.0 Å². The van der Waals surface area contributed by atoms with Gasteiger partial charge in [-0.1, -0.05) is 6.42 Å². The van der Waals surface area contributed by atoms with Crippen molar-refractivity contribution in [1.82, 2.24) is 9.29 Å². The van der Waals surface area contributed by atoms with Gasteiger partial charge in [0.1, 0.15) is 6.54 Å². The van der Waals surface area contributed by atoms with Gasteiger partial charge in [-0.05, 0) is 44.0 Å². The maximum Gasteiger partial charge on any atom is 0.325 e. The highest BCUT2D eigenvalue weighted by atomic mass is 32.2. The van der Waals surface area contributed by atoms with Crippen molar-refractivity contribution in [2.75, 3.05) is 32.1 Å². The van der Waals surface area contributed by atoms with Gasteiger partial charge >= 0.3 is 5.97 Å². The third-order valence-electron chi connectivity index (χ3n) is 4.51. The van der Waals surface area contributed by atoms with Crippen LogP contribution in [0.1, 0.15) is 25.0 Å². The van der Waals surface area contributed by atoms with E-state index in [-0.39, 0.29) is 11.4 Å². The first-order valence-corrected chi connectivity index (χ1v) is 10.1. The Morgan fingerprint density at radius 1 is 1.23 bits per heavy atom. The number of pyridine rings is 1. The van der Waals surface area contributed by atoms with Crippen molar-refractivity contribution < 1.29 is 17.9 Å². The standard InChI is InChI=1S/C18H23N3O4S/c1-13-10-17(19-12-18(22)25-2)15-11-14(6-7-16(15)20-13)26(23,24)21-8-4-3-5-9-21/h6-7,10-11H,3-5,8-9,12H2,1-2H3,(H,19,20). The highest BCUT2D eigenvalue weighted by Gasteiger charge is 2.26. The number of nitrogens with one attached hydrogen (secondary N) is 1. The molecule has 0 aliphatic carbocycles. The number of fused-ring (bicyclic) bond motifs is 1. The number of methoxy groups -OCH3 is 1. The summed E-state index contributed by atoms with van der Waals surface area (Å²) in [5.41, 5.74) is 2.11. The van der Waals surface area contributed by atoms with E-state index in [1.807, 2.05) is 6.92 Å². The summed E-state index contributed by atoms with van der Waals surface area (Å²) in [6, 6.07) is 6.74.